The van der Waals surface area contributed by atoms with E-state index in [-0.39, 0.29) is 11.7 Å². The van der Waals surface area contributed by atoms with Gasteiger partial charge in [-0.05, 0) is 18.8 Å². The first-order valence-electron chi connectivity index (χ1n) is 5.79. The Morgan fingerprint density at radius 2 is 1.88 bits per heavy atom. The molecule has 6 nitrogen and oxygen atoms in total. The summed E-state index contributed by atoms with van der Waals surface area (Å²) in [7, 11) is -3.48. The molecule has 0 amide bonds. The van der Waals surface area contributed by atoms with Crippen molar-refractivity contribution in [3.8, 4) is 0 Å². The lowest BCUT2D eigenvalue weighted by atomic mass is 9.91. The molecule has 100 valence electrons. The smallest absolute Gasteiger partial charge is 0.333 e. The maximum atomic E-state index is 11.6. The number of carbonyl (C=O) groups is 1. The molecule has 0 radical (unpaired) electrons. The van der Waals surface area contributed by atoms with Gasteiger partial charge < -0.3 is 10.2 Å². The van der Waals surface area contributed by atoms with E-state index >= 15 is 0 Å². The van der Waals surface area contributed by atoms with Gasteiger partial charge in [-0.3, -0.25) is 0 Å². The fraction of sp³-hybridized carbons (Fsp3) is 0.900. The number of carboxylic acid groups (broad SMARTS) is 1. The van der Waals surface area contributed by atoms with Crippen LogP contribution in [0.4, 0.5) is 0 Å². The summed E-state index contributed by atoms with van der Waals surface area (Å²) < 4.78 is 25.4. The van der Waals surface area contributed by atoms with Crippen molar-refractivity contribution in [1.29, 1.82) is 0 Å². The Bertz CT molecular complexity index is 348. The second-order valence-electron chi connectivity index (χ2n) is 4.49. The number of nitrogens with one attached hydrogen (secondary N) is 1. The van der Waals surface area contributed by atoms with Gasteiger partial charge in [0, 0.05) is 6.54 Å². The summed E-state index contributed by atoms with van der Waals surface area (Å²) in [6, 6.07) is 0. The van der Waals surface area contributed by atoms with Crippen LogP contribution in [0.15, 0.2) is 0 Å². The molecular formula is C10H19NO5S. The van der Waals surface area contributed by atoms with Gasteiger partial charge in [-0.25, -0.2) is 17.9 Å². The number of sulfonamides is 1. The molecule has 0 heterocycles. The summed E-state index contributed by atoms with van der Waals surface area (Å²) in [5.41, 5.74) is 0. The van der Waals surface area contributed by atoms with Crippen molar-refractivity contribution in [3.05, 3.63) is 0 Å². The van der Waals surface area contributed by atoms with E-state index in [2.05, 4.69) is 4.72 Å². The first kappa shape index (κ1) is 14.4. The lowest BCUT2D eigenvalue weighted by Gasteiger charge is -2.21. The van der Waals surface area contributed by atoms with Gasteiger partial charge in [-0.1, -0.05) is 19.3 Å². The minimum atomic E-state index is -3.48. The Morgan fingerprint density at radius 3 is 2.41 bits per heavy atom. The summed E-state index contributed by atoms with van der Waals surface area (Å²) in [5.74, 6) is -1.24. The zero-order valence-electron chi connectivity index (χ0n) is 9.63. The molecule has 0 spiro atoms. The Balaban J connectivity index is 2.37. The maximum Gasteiger partial charge on any atom is 0.333 e. The van der Waals surface area contributed by atoms with E-state index < -0.39 is 28.6 Å². The number of rotatable bonds is 6. The molecule has 1 aliphatic rings. The molecule has 1 unspecified atom stereocenters. The average Bonchev–Trinajstić information content (AvgIpc) is 2.26. The molecule has 1 aliphatic carbocycles. The normalized spacial score (nSPS) is 20.1. The molecule has 0 aromatic heterocycles. The minimum Gasteiger partial charge on any atom is -0.479 e. The second kappa shape index (κ2) is 6.32. The van der Waals surface area contributed by atoms with Gasteiger partial charge in [-0.15, -0.1) is 0 Å². The van der Waals surface area contributed by atoms with Crippen molar-refractivity contribution >= 4 is 16.0 Å². The van der Waals surface area contributed by atoms with E-state index in [0.29, 0.717) is 0 Å². The fourth-order valence-electron chi connectivity index (χ4n) is 2.02. The van der Waals surface area contributed by atoms with Crippen molar-refractivity contribution in [2.24, 2.45) is 5.92 Å². The molecule has 17 heavy (non-hydrogen) atoms. The van der Waals surface area contributed by atoms with Gasteiger partial charge in [0.15, 0.2) is 6.10 Å². The second-order valence-corrected chi connectivity index (χ2v) is 6.34. The average molecular weight is 265 g/mol. The molecule has 0 saturated heterocycles. The van der Waals surface area contributed by atoms with E-state index in [1.54, 1.807) is 0 Å². The Morgan fingerprint density at radius 1 is 1.29 bits per heavy atom. The highest BCUT2D eigenvalue weighted by atomic mass is 32.2. The van der Waals surface area contributed by atoms with Crippen LogP contribution in [0.3, 0.4) is 0 Å². The van der Waals surface area contributed by atoms with Crippen molar-refractivity contribution in [2.45, 2.75) is 38.2 Å². The number of aliphatic hydroxyl groups excluding tert-OH is 1. The van der Waals surface area contributed by atoms with Gasteiger partial charge in [0.25, 0.3) is 0 Å². The van der Waals surface area contributed by atoms with Crippen LogP contribution in [0.5, 0.6) is 0 Å². The van der Waals surface area contributed by atoms with E-state index in [9.17, 15) is 13.2 Å². The van der Waals surface area contributed by atoms with Crippen molar-refractivity contribution in [1.82, 2.24) is 4.72 Å². The topological polar surface area (TPSA) is 104 Å². The van der Waals surface area contributed by atoms with Crippen LogP contribution in [0, 0.1) is 5.92 Å². The largest absolute Gasteiger partial charge is 0.479 e. The Kier molecular flexibility index (Phi) is 5.35. The first-order chi connectivity index (χ1) is 7.91. The van der Waals surface area contributed by atoms with Crippen LogP contribution < -0.4 is 4.72 Å². The molecule has 7 heteroatoms. The summed E-state index contributed by atoms with van der Waals surface area (Å²) in [6.07, 6.45) is 3.39. The molecule has 0 bridgehead atoms. The first-order valence-corrected chi connectivity index (χ1v) is 7.44. The maximum absolute atomic E-state index is 11.6. The number of aliphatic hydroxyl groups is 1. The van der Waals surface area contributed by atoms with Crippen LogP contribution in [0.2, 0.25) is 0 Å². The molecular weight excluding hydrogens is 246 g/mol. The zero-order valence-corrected chi connectivity index (χ0v) is 10.4. The third kappa shape index (κ3) is 5.47. The van der Waals surface area contributed by atoms with Gasteiger partial charge in [0.05, 0.1) is 5.75 Å². The summed E-state index contributed by atoms with van der Waals surface area (Å²) >= 11 is 0. The summed E-state index contributed by atoms with van der Waals surface area (Å²) in [6.45, 7) is -0.468. The fourth-order valence-corrected chi connectivity index (χ4v) is 3.50. The highest BCUT2D eigenvalue weighted by molar-refractivity contribution is 7.89. The summed E-state index contributed by atoms with van der Waals surface area (Å²) in [5, 5.41) is 17.4. The molecule has 1 rings (SSSR count). The van der Waals surface area contributed by atoms with E-state index in [1.165, 1.54) is 0 Å². The predicted octanol–water partition coefficient (Wildman–Crippen LogP) is -0.0684. The van der Waals surface area contributed by atoms with E-state index in [0.717, 1.165) is 32.1 Å². The monoisotopic (exact) mass is 265 g/mol. The highest BCUT2D eigenvalue weighted by Gasteiger charge is 2.23. The van der Waals surface area contributed by atoms with Crippen molar-refractivity contribution in [3.63, 3.8) is 0 Å². The van der Waals surface area contributed by atoms with Crippen LogP contribution in [-0.2, 0) is 14.8 Å². The Hall–Kier alpha value is -0.660. The SMILES string of the molecule is O=C(O)C(O)CNS(=O)(=O)CC1CCCCC1. The molecule has 0 aromatic rings. The lowest BCUT2D eigenvalue weighted by Crippen LogP contribution is -2.39. The van der Waals surface area contributed by atoms with Crippen molar-refractivity contribution < 1.29 is 23.4 Å². The van der Waals surface area contributed by atoms with Crippen molar-refractivity contribution in [2.75, 3.05) is 12.3 Å². The Labute approximate surface area is 101 Å². The quantitative estimate of drug-likeness (QED) is 0.624. The van der Waals surface area contributed by atoms with Crippen LogP contribution >= 0.6 is 0 Å². The van der Waals surface area contributed by atoms with Gasteiger partial charge in [0.1, 0.15) is 0 Å². The third-order valence-corrected chi connectivity index (χ3v) is 4.48. The van der Waals surface area contributed by atoms with Crippen LogP contribution in [-0.4, -0.2) is 43.0 Å². The molecule has 1 atom stereocenters. The number of aliphatic carboxylic acids is 1. The predicted molar refractivity (Wildman–Crippen MR) is 62.0 cm³/mol. The standard InChI is InChI=1S/C10H19NO5S/c12-9(10(13)14)6-11-17(15,16)7-8-4-2-1-3-5-8/h8-9,11-12H,1-7H2,(H,13,14). The number of carboxylic acids is 1. The molecule has 1 saturated carbocycles. The third-order valence-electron chi connectivity index (χ3n) is 2.96. The lowest BCUT2D eigenvalue weighted by molar-refractivity contribution is -0.146. The van der Waals surface area contributed by atoms with E-state index in [1.807, 2.05) is 0 Å². The number of hydrogen-bond acceptors (Lipinski definition) is 4. The molecule has 3 N–H and O–H groups in total. The number of hydrogen-bond donors (Lipinski definition) is 3. The minimum absolute atomic E-state index is 0.0271. The molecule has 0 aromatic carbocycles. The zero-order chi connectivity index (χ0) is 12.9. The van der Waals surface area contributed by atoms with Gasteiger partial charge in [0.2, 0.25) is 10.0 Å². The molecule has 1 fully saturated rings. The molecule has 0 aliphatic heterocycles. The van der Waals surface area contributed by atoms with E-state index in [4.69, 9.17) is 10.2 Å². The highest BCUT2D eigenvalue weighted by Crippen LogP contribution is 2.24. The van der Waals surface area contributed by atoms with Gasteiger partial charge in [-0.2, -0.15) is 0 Å². The van der Waals surface area contributed by atoms with Crippen LogP contribution in [0.1, 0.15) is 32.1 Å². The summed E-state index contributed by atoms with van der Waals surface area (Å²) in [4.78, 5) is 10.3. The van der Waals surface area contributed by atoms with Crippen LogP contribution in [0.25, 0.3) is 0 Å². The van der Waals surface area contributed by atoms with Gasteiger partial charge >= 0.3 is 5.97 Å².